The second-order valence-electron chi connectivity index (χ2n) is 10.0. The number of nitrogens with one attached hydrogen (secondary N) is 2. The summed E-state index contributed by atoms with van der Waals surface area (Å²) in [6.45, 7) is 6.33. The number of nitrogens with zero attached hydrogens (tertiary/aromatic N) is 3. The number of aliphatic hydroxyl groups is 3. The van der Waals surface area contributed by atoms with E-state index in [1.165, 1.54) is 5.56 Å². The van der Waals surface area contributed by atoms with Gasteiger partial charge in [0.15, 0.2) is 5.58 Å². The molecule has 0 aliphatic heterocycles. The molecule has 5 rings (SSSR count). The van der Waals surface area contributed by atoms with Gasteiger partial charge >= 0.3 is 0 Å². The summed E-state index contributed by atoms with van der Waals surface area (Å²) in [4.78, 5) is 13.9. The van der Waals surface area contributed by atoms with Crippen molar-refractivity contribution in [3.8, 4) is 11.3 Å². The first-order valence-corrected chi connectivity index (χ1v) is 13.4. The van der Waals surface area contributed by atoms with Gasteiger partial charge in [0.05, 0.1) is 29.6 Å². The number of aliphatic hydroxyl groups excluding tert-OH is 3. The Bertz CT molecular complexity index is 1440. The standard InChI is InChI=1S/C28H34N5O4P/c1-4-19-8-17-10-22(37-23(17)12-29-19)24-15(3)31-28(30-11-16-5-14(2)6-20(38)7-16)33-27(24)32-21-9-18(13-34)25(35)26(21)36/h5-8,10,12,18,21,25-26,34-36H,4,9,11,13,38H2,1-3H3,(H2,30,31,32,33)/t18-,21?,25-,26+/m1/s1. The predicted octanol–water partition coefficient (Wildman–Crippen LogP) is 3.09. The molecule has 200 valence electrons. The molecule has 1 aliphatic carbocycles. The van der Waals surface area contributed by atoms with Crippen LogP contribution in [-0.2, 0) is 13.0 Å². The van der Waals surface area contributed by atoms with Crippen LogP contribution in [0.1, 0.15) is 35.9 Å². The van der Waals surface area contributed by atoms with Crippen LogP contribution in [0.2, 0.25) is 0 Å². The third-order valence-corrected chi connectivity index (χ3v) is 7.46. The minimum atomic E-state index is -1.05. The maximum atomic E-state index is 10.7. The van der Waals surface area contributed by atoms with E-state index in [1.54, 1.807) is 6.20 Å². The Labute approximate surface area is 224 Å². The normalized spacial score (nSPS) is 21.2. The average molecular weight is 536 g/mol. The molecule has 1 aromatic carbocycles. The fraction of sp³-hybridized carbons (Fsp3) is 0.393. The lowest BCUT2D eigenvalue weighted by Gasteiger charge is -2.21. The Balaban J connectivity index is 1.52. The van der Waals surface area contributed by atoms with E-state index in [9.17, 15) is 15.3 Å². The summed E-state index contributed by atoms with van der Waals surface area (Å²) in [6, 6.07) is 9.75. The van der Waals surface area contributed by atoms with Gasteiger partial charge in [-0.15, -0.1) is 9.24 Å². The number of pyridine rings is 1. The molecule has 0 amide bonds. The van der Waals surface area contributed by atoms with Gasteiger partial charge in [-0.3, -0.25) is 4.98 Å². The smallest absolute Gasteiger partial charge is 0.225 e. The first-order valence-electron chi connectivity index (χ1n) is 12.9. The van der Waals surface area contributed by atoms with E-state index in [2.05, 4.69) is 56.9 Å². The maximum Gasteiger partial charge on any atom is 0.225 e. The van der Waals surface area contributed by atoms with Crippen molar-refractivity contribution >= 4 is 37.3 Å². The van der Waals surface area contributed by atoms with Gasteiger partial charge < -0.3 is 30.4 Å². The molecule has 0 radical (unpaired) electrons. The second-order valence-corrected chi connectivity index (χ2v) is 10.7. The molecule has 0 saturated heterocycles. The highest BCUT2D eigenvalue weighted by atomic mass is 31.0. The lowest BCUT2D eigenvalue weighted by atomic mass is 10.1. The van der Waals surface area contributed by atoms with Crippen LogP contribution in [0.5, 0.6) is 0 Å². The number of anilines is 2. The summed E-state index contributed by atoms with van der Waals surface area (Å²) in [5, 5.41) is 39.4. The Hall–Kier alpha value is -3.10. The monoisotopic (exact) mass is 535 g/mol. The SMILES string of the molecule is CCc1cc2cc(-c3c(C)nc(NCc4cc(C)cc(P)c4)nc3NC3C[C@H](CO)[C@@H](O)[C@H]3O)oc2cn1. The molecule has 3 heterocycles. The van der Waals surface area contributed by atoms with Crippen LogP contribution < -0.4 is 15.9 Å². The molecule has 5 atom stereocenters. The number of fused-ring (bicyclic) bond motifs is 1. The van der Waals surface area contributed by atoms with Crippen LogP contribution in [0.25, 0.3) is 22.3 Å². The van der Waals surface area contributed by atoms with E-state index in [0.717, 1.165) is 28.4 Å². The van der Waals surface area contributed by atoms with Gasteiger partial charge in [-0.05, 0) is 49.7 Å². The van der Waals surface area contributed by atoms with Crippen LogP contribution in [-0.4, -0.2) is 55.1 Å². The van der Waals surface area contributed by atoms with Crippen molar-refractivity contribution in [1.29, 1.82) is 0 Å². The van der Waals surface area contributed by atoms with Gasteiger partial charge in [0.1, 0.15) is 17.7 Å². The number of rotatable bonds is 8. The fourth-order valence-corrected chi connectivity index (χ4v) is 5.64. The number of furan rings is 1. The summed E-state index contributed by atoms with van der Waals surface area (Å²) in [6.07, 6.45) is 0.870. The summed E-state index contributed by atoms with van der Waals surface area (Å²) in [7, 11) is 2.73. The van der Waals surface area contributed by atoms with Crippen molar-refractivity contribution in [2.24, 2.45) is 5.92 Å². The zero-order valence-corrected chi connectivity index (χ0v) is 22.9. The largest absolute Gasteiger partial charge is 0.454 e. The zero-order valence-electron chi connectivity index (χ0n) is 21.8. The highest BCUT2D eigenvalue weighted by Crippen LogP contribution is 2.37. The molecule has 1 fully saturated rings. The van der Waals surface area contributed by atoms with Gasteiger partial charge in [-0.1, -0.05) is 30.7 Å². The van der Waals surface area contributed by atoms with Crippen molar-refractivity contribution in [2.45, 2.75) is 58.4 Å². The minimum Gasteiger partial charge on any atom is -0.454 e. The fourth-order valence-electron chi connectivity index (χ4n) is 5.16. The number of aromatic nitrogens is 3. The molecule has 2 unspecified atom stereocenters. The molecule has 1 saturated carbocycles. The van der Waals surface area contributed by atoms with E-state index < -0.39 is 24.2 Å². The lowest BCUT2D eigenvalue weighted by Crippen LogP contribution is -2.35. The second kappa shape index (κ2) is 10.9. The molecule has 0 bridgehead atoms. The first-order chi connectivity index (χ1) is 18.2. The number of hydrogen-bond acceptors (Lipinski definition) is 9. The molecule has 4 aromatic rings. The van der Waals surface area contributed by atoms with Gasteiger partial charge in [-0.2, -0.15) is 4.98 Å². The van der Waals surface area contributed by atoms with Crippen LogP contribution in [0.15, 0.2) is 40.9 Å². The Morgan fingerprint density at radius 3 is 2.61 bits per heavy atom. The van der Waals surface area contributed by atoms with E-state index in [0.29, 0.717) is 47.3 Å². The summed E-state index contributed by atoms with van der Waals surface area (Å²) < 4.78 is 6.17. The third-order valence-electron chi connectivity index (χ3n) is 7.13. The summed E-state index contributed by atoms with van der Waals surface area (Å²) in [5.41, 5.74) is 5.26. The predicted molar refractivity (Wildman–Crippen MR) is 152 cm³/mol. The van der Waals surface area contributed by atoms with Crippen molar-refractivity contribution in [2.75, 3.05) is 17.2 Å². The van der Waals surface area contributed by atoms with Gasteiger partial charge in [0.2, 0.25) is 5.95 Å². The van der Waals surface area contributed by atoms with Crippen molar-refractivity contribution in [3.63, 3.8) is 0 Å². The van der Waals surface area contributed by atoms with Gasteiger partial charge in [0.25, 0.3) is 0 Å². The minimum absolute atomic E-state index is 0.205. The maximum absolute atomic E-state index is 10.7. The molecular formula is C28H34N5O4P. The Kier molecular flexibility index (Phi) is 7.63. The lowest BCUT2D eigenvalue weighted by molar-refractivity contribution is 0.00446. The molecular weight excluding hydrogens is 501 g/mol. The first kappa shape index (κ1) is 26.5. The number of aryl methyl sites for hydroxylation is 3. The van der Waals surface area contributed by atoms with Gasteiger partial charge in [-0.25, -0.2) is 4.98 Å². The molecule has 3 aromatic heterocycles. The van der Waals surface area contributed by atoms with Crippen LogP contribution in [0.4, 0.5) is 11.8 Å². The van der Waals surface area contributed by atoms with Crippen molar-refractivity contribution in [1.82, 2.24) is 15.0 Å². The van der Waals surface area contributed by atoms with Crippen molar-refractivity contribution in [3.05, 3.63) is 59.0 Å². The zero-order chi connectivity index (χ0) is 27.0. The van der Waals surface area contributed by atoms with Crippen LogP contribution in [0, 0.1) is 19.8 Å². The van der Waals surface area contributed by atoms with Crippen LogP contribution in [0.3, 0.4) is 0 Å². The van der Waals surface area contributed by atoms with E-state index in [1.807, 2.05) is 19.1 Å². The highest BCUT2D eigenvalue weighted by Gasteiger charge is 2.41. The quantitative estimate of drug-likeness (QED) is 0.216. The summed E-state index contributed by atoms with van der Waals surface area (Å²) in [5.74, 6) is 1.07. The van der Waals surface area contributed by atoms with Crippen molar-refractivity contribution < 1.29 is 19.7 Å². The highest BCUT2D eigenvalue weighted by molar-refractivity contribution is 7.27. The van der Waals surface area contributed by atoms with E-state index in [4.69, 9.17) is 14.4 Å². The summed E-state index contributed by atoms with van der Waals surface area (Å²) >= 11 is 0. The average Bonchev–Trinajstić information content (AvgIpc) is 3.42. The topological polar surface area (TPSA) is 137 Å². The third kappa shape index (κ3) is 5.38. The molecule has 5 N–H and O–H groups in total. The van der Waals surface area contributed by atoms with Gasteiger partial charge in [0, 0.05) is 30.1 Å². The molecule has 38 heavy (non-hydrogen) atoms. The molecule has 1 aliphatic rings. The Morgan fingerprint density at radius 2 is 1.89 bits per heavy atom. The Morgan fingerprint density at radius 1 is 1.08 bits per heavy atom. The number of hydrogen-bond donors (Lipinski definition) is 5. The van der Waals surface area contributed by atoms with Crippen LogP contribution >= 0.6 is 9.24 Å². The molecule has 9 nitrogen and oxygen atoms in total. The van der Waals surface area contributed by atoms with E-state index >= 15 is 0 Å². The molecule has 10 heteroatoms. The van der Waals surface area contributed by atoms with E-state index in [-0.39, 0.29) is 6.61 Å². The molecule has 0 spiro atoms. The number of benzene rings is 1.